The fourth-order valence-electron chi connectivity index (χ4n) is 2.34. The van der Waals surface area contributed by atoms with Gasteiger partial charge in [-0.25, -0.2) is 4.79 Å². The highest BCUT2D eigenvalue weighted by Crippen LogP contribution is 2.30. The number of rotatable bonds is 11. The number of carbonyl (C=O) groups is 1. The molecule has 0 radical (unpaired) electrons. The number of carbonyl (C=O) groups excluding carboxylic acids is 1. The minimum absolute atomic E-state index is 0.0203. The number of nitro groups is 1. The van der Waals surface area contributed by atoms with E-state index in [4.69, 9.17) is 9.47 Å². The highest BCUT2D eigenvalue weighted by Gasteiger charge is 2.23. The van der Waals surface area contributed by atoms with Crippen LogP contribution in [0.5, 0.6) is 5.75 Å². The molecule has 1 atom stereocenters. The molecule has 1 aromatic carbocycles. The van der Waals surface area contributed by atoms with Crippen LogP contribution in [0.15, 0.2) is 27.5 Å². The monoisotopic (exact) mass is 474 g/mol. The number of nitrogens with zero attached hydrogens (tertiary/aromatic N) is 3. The minimum Gasteiger partial charge on any atom is -0.492 e. The van der Waals surface area contributed by atoms with E-state index in [1.165, 1.54) is 4.90 Å². The van der Waals surface area contributed by atoms with Crippen molar-refractivity contribution >= 4 is 28.1 Å². The second-order valence-electron chi connectivity index (χ2n) is 8.06. The maximum atomic E-state index is 12.5. The number of non-ortho nitro benzene ring substituents is 1. The van der Waals surface area contributed by atoms with Gasteiger partial charge in [0.1, 0.15) is 22.6 Å². The van der Waals surface area contributed by atoms with Gasteiger partial charge < -0.3 is 24.8 Å². The van der Waals surface area contributed by atoms with E-state index in [-0.39, 0.29) is 29.5 Å². The van der Waals surface area contributed by atoms with Crippen LogP contribution in [0.1, 0.15) is 33.6 Å². The summed E-state index contributed by atoms with van der Waals surface area (Å²) in [5.41, 5.74) is -1.03. The third kappa shape index (κ3) is 9.47. The number of nitrogens with one attached hydrogen (secondary N) is 1. The molecule has 1 aromatic rings. The second kappa shape index (κ2) is 11.6. The van der Waals surface area contributed by atoms with Crippen LogP contribution in [0, 0.1) is 10.1 Å². The van der Waals surface area contributed by atoms with E-state index in [0.717, 1.165) is 24.5 Å². The van der Waals surface area contributed by atoms with Crippen LogP contribution in [-0.4, -0.2) is 74.7 Å². The first kappa shape index (κ1) is 27.1. The maximum Gasteiger partial charge on any atom is 0.407 e. The van der Waals surface area contributed by atoms with Gasteiger partial charge in [0.15, 0.2) is 0 Å². The molecule has 0 bridgehead atoms. The predicted octanol–water partition coefficient (Wildman–Crippen LogP) is 1.92. The summed E-state index contributed by atoms with van der Waals surface area (Å²) in [5, 5.41) is 23.1. The molecule has 0 aliphatic heterocycles. The summed E-state index contributed by atoms with van der Waals surface area (Å²) in [6.07, 6.45) is 1.02. The molecule has 0 heterocycles. The number of sulfonamides is 1. The van der Waals surface area contributed by atoms with E-state index in [2.05, 4.69) is 9.71 Å². The van der Waals surface area contributed by atoms with Crippen LogP contribution in [0.3, 0.4) is 0 Å². The molecule has 12 nitrogen and oxygen atoms in total. The van der Waals surface area contributed by atoms with Crippen molar-refractivity contribution < 1.29 is 32.7 Å². The van der Waals surface area contributed by atoms with Gasteiger partial charge in [0.2, 0.25) is 0 Å². The van der Waals surface area contributed by atoms with Gasteiger partial charge >= 0.3 is 6.09 Å². The minimum atomic E-state index is -4.15. The molecule has 0 saturated heterocycles. The molecule has 32 heavy (non-hydrogen) atoms. The van der Waals surface area contributed by atoms with Gasteiger partial charge in [0, 0.05) is 20.2 Å². The lowest BCUT2D eigenvalue weighted by molar-refractivity contribution is -0.385. The Labute approximate surface area is 187 Å². The van der Waals surface area contributed by atoms with E-state index in [1.807, 2.05) is 0 Å². The van der Waals surface area contributed by atoms with E-state index in [0.29, 0.717) is 12.8 Å². The zero-order valence-corrected chi connectivity index (χ0v) is 19.6. The Balaban J connectivity index is 2.87. The number of aliphatic hydroxyl groups is 1. The van der Waals surface area contributed by atoms with Gasteiger partial charge in [-0.1, -0.05) is 0 Å². The zero-order chi connectivity index (χ0) is 24.5. The number of alkyl carbamates (subject to hydrolysis) is 1. The Bertz CT molecular complexity index is 926. The summed E-state index contributed by atoms with van der Waals surface area (Å²) >= 11 is 0. The molecule has 0 aliphatic rings. The highest BCUT2D eigenvalue weighted by atomic mass is 32.2. The second-order valence-corrected chi connectivity index (χ2v) is 9.66. The number of hydrogen-bond acceptors (Lipinski definition) is 8. The summed E-state index contributed by atoms with van der Waals surface area (Å²) in [6, 6.07) is 2.53. The lowest BCUT2D eigenvalue weighted by atomic mass is 10.2. The highest BCUT2D eigenvalue weighted by molar-refractivity contribution is 7.90. The van der Waals surface area contributed by atoms with Crippen molar-refractivity contribution in [3.05, 3.63) is 28.3 Å². The van der Waals surface area contributed by atoms with Crippen molar-refractivity contribution in [2.75, 3.05) is 27.3 Å². The molecule has 1 rings (SSSR count). The van der Waals surface area contributed by atoms with Crippen LogP contribution in [0.4, 0.5) is 10.5 Å². The number of aliphatic hydroxyl groups excluding tert-OH is 1. The van der Waals surface area contributed by atoms with E-state index >= 15 is 0 Å². The molecule has 0 fully saturated rings. The third-order valence-corrected chi connectivity index (χ3v) is 4.99. The Morgan fingerprint density at radius 3 is 2.56 bits per heavy atom. The predicted molar refractivity (Wildman–Crippen MR) is 117 cm³/mol. The Morgan fingerprint density at radius 1 is 1.38 bits per heavy atom. The van der Waals surface area contributed by atoms with Crippen molar-refractivity contribution in [3.8, 4) is 5.75 Å². The standard InChI is InChI=1S/C19H30N4O8S/c1-19(2,3)31-18(25)21-14(12-24)7-6-10-30-16-11-15(23(26)27)8-9-17(16)32(28,29)20-13-22(4)5/h8-9,11,13-14,24H,6-7,10,12H2,1-5H3,(H,21,25)/t14-/m0/s1. The molecule has 0 aliphatic carbocycles. The van der Waals surface area contributed by atoms with Crippen molar-refractivity contribution in [1.29, 1.82) is 0 Å². The number of ether oxygens (including phenoxy) is 2. The van der Waals surface area contributed by atoms with Crippen molar-refractivity contribution in [2.45, 2.75) is 50.2 Å². The largest absolute Gasteiger partial charge is 0.492 e. The smallest absolute Gasteiger partial charge is 0.407 e. The summed E-state index contributed by atoms with van der Waals surface area (Å²) in [4.78, 5) is 23.3. The first-order valence-electron chi connectivity index (χ1n) is 9.73. The molecule has 2 N–H and O–H groups in total. The van der Waals surface area contributed by atoms with Crippen LogP contribution in [-0.2, 0) is 14.8 Å². The molecular formula is C19H30N4O8S. The van der Waals surface area contributed by atoms with Crippen molar-refractivity contribution in [2.24, 2.45) is 4.40 Å². The summed E-state index contributed by atoms with van der Waals surface area (Å²) < 4.78 is 39.1. The van der Waals surface area contributed by atoms with Gasteiger partial charge in [-0.2, -0.15) is 8.42 Å². The molecule has 0 spiro atoms. The van der Waals surface area contributed by atoms with Gasteiger partial charge in [-0.15, -0.1) is 4.40 Å². The van der Waals surface area contributed by atoms with Gasteiger partial charge in [0.05, 0.1) is 30.2 Å². The zero-order valence-electron chi connectivity index (χ0n) is 18.8. The fraction of sp³-hybridized carbons (Fsp3) is 0.579. The fourth-order valence-corrected chi connectivity index (χ4v) is 3.38. The Hall–Kier alpha value is -2.93. The van der Waals surface area contributed by atoms with Gasteiger partial charge in [-0.3, -0.25) is 10.1 Å². The van der Waals surface area contributed by atoms with Crippen LogP contribution in [0.25, 0.3) is 0 Å². The molecule has 0 aromatic heterocycles. The molecule has 1 amide bonds. The molecule has 0 unspecified atom stereocenters. The SMILES string of the molecule is CN(C)C=NS(=O)(=O)c1ccc([N+](=O)[O-])cc1OCCC[C@@H](CO)NC(=O)OC(C)(C)C. The maximum absolute atomic E-state index is 12.5. The Kier molecular flexibility index (Phi) is 9.84. The first-order valence-corrected chi connectivity index (χ1v) is 11.2. The topological polar surface area (TPSA) is 161 Å². The molecular weight excluding hydrogens is 444 g/mol. The van der Waals surface area contributed by atoms with Crippen LogP contribution >= 0.6 is 0 Å². The van der Waals surface area contributed by atoms with Crippen molar-refractivity contribution in [1.82, 2.24) is 10.2 Å². The molecule has 13 heteroatoms. The summed E-state index contributed by atoms with van der Waals surface area (Å²) in [7, 11) is -0.968. The Morgan fingerprint density at radius 2 is 2.03 bits per heavy atom. The van der Waals surface area contributed by atoms with Gasteiger partial charge in [-0.05, 0) is 39.7 Å². The quantitative estimate of drug-likeness (QED) is 0.160. The van der Waals surface area contributed by atoms with Crippen LogP contribution in [0.2, 0.25) is 0 Å². The number of hydrogen-bond donors (Lipinski definition) is 2. The normalized spacial score (nSPS) is 12.9. The van der Waals surface area contributed by atoms with E-state index in [9.17, 15) is 28.4 Å². The molecule has 180 valence electrons. The average molecular weight is 475 g/mol. The van der Waals surface area contributed by atoms with Gasteiger partial charge in [0.25, 0.3) is 15.7 Å². The van der Waals surface area contributed by atoms with E-state index < -0.39 is 32.7 Å². The average Bonchev–Trinajstić information content (AvgIpc) is 2.67. The molecule has 0 saturated carbocycles. The summed E-state index contributed by atoms with van der Waals surface area (Å²) in [6.45, 7) is 4.77. The number of benzene rings is 1. The lowest BCUT2D eigenvalue weighted by Crippen LogP contribution is -2.41. The van der Waals surface area contributed by atoms with Crippen molar-refractivity contribution in [3.63, 3.8) is 0 Å². The first-order chi connectivity index (χ1) is 14.7. The van der Waals surface area contributed by atoms with E-state index in [1.54, 1.807) is 34.9 Å². The number of amides is 1. The lowest BCUT2D eigenvalue weighted by Gasteiger charge is -2.22. The summed E-state index contributed by atoms with van der Waals surface area (Å²) in [5.74, 6) is -0.212. The third-order valence-electron chi connectivity index (χ3n) is 3.73. The van der Waals surface area contributed by atoms with Crippen LogP contribution < -0.4 is 10.1 Å². The number of nitro benzene ring substituents is 1.